The van der Waals surface area contributed by atoms with Crippen LogP contribution in [0.25, 0.3) is 5.65 Å². The Kier molecular flexibility index (Phi) is 3.10. The van der Waals surface area contributed by atoms with E-state index in [1.54, 1.807) is 4.52 Å². The summed E-state index contributed by atoms with van der Waals surface area (Å²) in [6.45, 7) is 4.03. The van der Waals surface area contributed by atoms with Gasteiger partial charge in [-0.25, -0.2) is 4.52 Å². The van der Waals surface area contributed by atoms with Gasteiger partial charge >= 0.3 is 0 Å². The first kappa shape index (κ1) is 12.6. The van der Waals surface area contributed by atoms with E-state index in [9.17, 15) is 4.79 Å². The molecule has 0 saturated carbocycles. The summed E-state index contributed by atoms with van der Waals surface area (Å²) in [5, 5.41) is 10.7. The van der Waals surface area contributed by atoms with E-state index in [-0.39, 0.29) is 5.43 Å². The summed E-state index contributed by atoms with van der Waals surface area (Å²) < 4.78 is 1.56. The molecule has 102 valence electrons. The number of nitrogens with one attached hydrogen (secondary N) is 1. The highest BCUT2D eigenvalue weighted by molar-refractivity contribution is 5.42. The molecule has 0 radical (unpaired) electrons. The topological polar surface area (TPSA) is 63.1 Å². The molecular weight excluding hydrogens is 252 g/mol. The van der Waals surface area contributed by atoms with E-state index < -0.39 is 0 Å². The number of rotatable bonds is 3. The monoisotopic (exact) mass is 268 g/mol. The average molecular weight is 268 g/mol. The fourth-order valence-electron chi connectivity index (χ4n) is 2.33. The molecule has 0 aliphatic rings. The molecule has 2 heterocycles. The lowest BCUT2D eigenvalue weighted by atomic mass is 10.0. The predicted octanol–water partition coefficient (Wildman–Crippen LogP) is 1.88. The number of aryl methyl sites for hydroxylation is 2. The van der Waals surface area contributed by atoms with Gasteiger partial charge in [-0.2, -0.15) is 0 Å². The second kappa shape index (κ2) is 4.92. The molecule has 3 aromatic rings. The van der Waals surface area contributed by atoms with Gasteiger partial charge in [-0.3, -0.25) is 9.89 Å². The molecule has 0 amide bonds. The molecule has 0 unspecified atom stereocenters. The molecule has 0 aliphatic carbocycles. The highest BCUT2D eigenvalue weighted by atomic mass is 16.1. The fourth-order valence-corrected chi connectivity index (χ4v) is 2.33. The van der Waals surface area contributed by atoms with Crippen LogP contribution in [0.3, 0.4) is 0 Å². The summed E-state index contributed by atoms with van der Waals surface area (Å²) in [4.78, 5) is 12.4. The lowest BCUT2D eigenvalue weighted by Crippen LogP contribution is -2.17. The van der Waals surface area contributed by atoms with Crippen LogP contribution in [0.5, 0.6) is 0 Å². The summed E-state index contributed by atoms with van der Waals surface area (Å²) >= 11 is 0. The van der Waals surface area contributed by atoms with E-state index in [1.165, 1.54) is 11.9 Å². The van der Waals surface area contributed by atoms with Crippen molar-refractivity contribution in [1.82, 2.24) is 19.8 Å². The van der Waals surface area contributed by atoms with E-state index in [0.717, 1.165) is 23.2 Å². The average Bonchev–Trinajstić information content (AvgIpc) is 2.92. The zero-order valence-corrected chi connectivity index (χ0v) is 11.6. The number of H-pyrrole nitrogens is 1. The van der Waals surface area contributed by atoms with E-state index in [4.69, 9.17) is 0 Å². The van der Waals surface area contributed by atoms with Gasteiger partial charge in [0, 0.05) is 17.7 Å². The van der Waals surface area contributed by atoms with Gasteiger partial charge in [0.1, 0.15) is 6.33 Å². The zero-order valence-electron chi connectivity index (χ0n) is 11.6. The standard InChI is InChI=1S/C15H16N4O/c1-3-11-4-6-12(7-5-11)8-13-10(2)18-19-9-16-17-15(19)14(13)20/h4-7,9,18H,3,8H2,1-2H3. The van der Waals surface area contributed by atoms with Crippen molar-refractivity contribution in [2.45, 2.75) is 26.7 Å². The number of hydrogen-bond acceptors (Lipinski definition) is 3. The smallest absolute Gasteiger partial charge is 0.230 e. The Morgan fingerprint density at radius 1 is 1.20 bits per heavy atom. The Hall–Kier alpha value is -2.43. The minimum atomic E-state index is -0.0571. The van der Waals surface area contributed by atoms with Crippen LogP contribution < -0.4 is 5.43 Å². The summed E-state index contributed by atoms with van der Waals surface area (Å²) in [6, 6.07) is 8.36. The van der Waals surface area contributed by atoms with Crippen LogP contribution in [-0.2, 0) is 12.8 Å². The van der Waals surface area contributed by atoms with Gasteiger partial charge in [0.2, 0.25) is 11.1 Å². The fraction of sp³-hybridized carbons (Fsp3) is 0.267. The van der Waals surface area contributed by atoms with Gasteiger partial charge in [0.15, 0.2) is 0 Å². The summed E-state index contributed by atoms with van der Waals surface area (Å²) in [6.07, 6.45) is 3.13. The third kappa shape index (κ3) is 2.11. The Labute approximate surface area is 116 Å². The van der Waals surface area contributed by atoms with Gasteiger partial charge in [-0.05, 0) is 24.5 Å². The molecule has 0 atom stereocenters. The quantitative estimate of drug-likeness (QED) is 0.789. The van der Waals surface area contributed by atoms with Crippen molar-refractivity contribution in [2.75, 3.05) is 0 Å². The van der Waals surface area contributed by atoms with Crippen LogP contribution in [-0.4, -0.2) is 19.8 Å². The number of aromatic amines is 1. The van der Waals surface area contributed by atoms with Crippen molar-refractivity contribution < 1.29 is 0 Å². The van der Waals surface area contributed by atoms with Crippen LogP contribution in [0, 0.1) is 6.92 Å². The van der Waals surface area contributed by atoms with Crippen molar-refractivity contribution >= 4 is 5.65 Å². The molecule has 0 saturated heterocycles. The molecule has 1 N–H and O–H groups in total. The second-order valence-corrected chi connectivity index (χ2v) is 4.92. The molecule has 3 rings (SSSR count). The normalized spacial score (nSPS) is 11.1. The minimum Gasteiger partial charge on any atom is -0.295 e. The number of hydrogen-bond donors (Lipinski definition) is 1. The Morgan fingerprint density at radius 2 is 1.90 bits per heavy atom. The molecule has 2 aromatic heterocycles. The van der Waals surface area contributed by atoms with Crippen molar-refractivity contribution in [3.8, 4) is 0 Å². The SMILES string of the molecule is CCc1ccc(Cc2c(C)[nH]n3cnnc3c2=O)cc1. The van der Waals surface area contributed by atoms with Gasteiger partial charge in [0.25, 0.3) is 0 Å². The molecule has 0 aliphatic heterocycles. The first-order chi connectivity index (χ1) is 9.69. The Bertz CT molecular complexity index is 799. The van der Waals surface area contributed by atoms with E-state index in [0.29, 0.717) is 12.1 Å². The number of benzene rings is 1. The van der Waals surface area contributed by atoms with E-state index in [2.05, 4.69) is 46.5 Å². The maximum Gasteiger partial charge on any atom is 0.230 e. The van der Waals surface area contributed by atoms with Crippen molar-refractivity contribution in [3.05, 3.63) is 63.2 Å². The highest BCUT2D eigenvalue weighted by Gasteiger charge is 2.11. The third-order valence-electron chi connectivity index (χ3n) is 3.58. The molecule has 5 heteroatoms. The predicted molar refractivity (Wildman–Crippen MR) is 77.0 cm³/mol. The molecule has 20 heavy (non-hydrogen) atoms. The molecule has 5 nitrogen and oxygen atoms in total. The molecule has 0 spiro atoms. The van der Waals surface area contributed by atoms with Crippen LogP contribution in [0.4, 0.5) is 0 Å². The van der Waals surface area contributed by atoms with Gasteiger partial charge in [-0.1, -0.05) is 31.2 Å². The molecule has 1 aromatic carbocycles. The zero-order chi connectivity index (χ0) is 14.1. The molecule has 0 fully saturated rings. The van der Waals surface area contributed by atoms with E-state index >= 15 is 0 Å². The number of aromatic nitrogens is 4. The Balaban J connectivity index is 2.03. The van der Waals surface area contributed by atoms with Crippen LogP contribution in [0.2, 0.25) is 0 Å². The second-order valence-electron chi connectivity index (χ2n) is 4.92. The van der Waals surface area contributed by atoms with Crippen LogP contribution in [0.15, 0.2) is 35.4 Å². The lowest BCUT2D eigenvalue weighted by Gasteiger charge is -2.07. The number of fused-ring (bicyclic) bond motifs is 1. The van der Waals surface area contributed by atoms with Crippen molar-refractivity contribution in [2.24, 2.45) is 0 Å². The van der Waals surface area contributed by atoms with E-state index in [1.807, 2.05) is 6.92 Å². The van der Waals surface area contributed by atoms with Gasteiger partial charge in [0.05, 0.1) is 0 Å². The third-order valence-corrected chi connectivity index (χ3v) is 3.58. The molecule has 0 bridgehead atoms. The lowest BCUT2D eigenvalue weighted by molar-refractivity contribution is 0.865. The van der Waals surface area contributed by atoms with Crippen LogP contribution >= 0.6 is 0 Å². The largest absolute Gasteiger partial charge is 0.295 e. The summed E-state index contributed by atoms with van der Waals surface area (Å²) in [5.74, 6) is 0. The van der Waals surface area contributed by atoms with Crippen molar-refractivity contribution in [3.63, 3.8) is 0 Å². The summed E-state index contributed by atoms with van der Waals surface area (Å²) in [7, 11) is 0. The first-order valence-electron chi connectivity index (χ1n) is 6.68. The summed E-state index contributed by atoms with van der Waals surface area (Å²) in [5.41, 5.74) is 4.30. The number of nitrogens with zero attached hydrogens (tertiary/aromatic N) is 3. The highest BCUT2D eigenvalue weighted by Crippen LogP contribution is 2.11. The van der Waals surface area contributed by atoms with Crippen molar-refractivity contribution in [1.29, 1.82) is 0 Å². The maximum absolute atomic E-state index is 12.4. The first-order valence-corrected chi connectivity index (χ1v) is 6.68. The minimum absolute atomic E-state index is 0.0571. The maximum atomic E-state index is 12.4. The molecular formula is C15H16N4O. The van der Waals surface area contributed by atoms with Crippen LogP contribution in [0.1, 0.15) is 29.3 Å². The van der Waals surface area contributed by atoms with Gasteiger partial charge in [-0.15, -0.1) is 10.2 Å². The van der Waals surface area contributed by atoms with Gasteiger partial charge < -0.3 is 0 Å². The Morgan fingerprint density at radius 3 is 2.60 bits per heavy atom.